The lowest BCUT2D eigenvalue weighted by atomic mass is 10.1. The van der Waals surface area contributed by atoms with E-state index < -0.39 is 0 Å². The first-order chi connectivity index (χ1) is 10.8. The summed E-state index contributed by atoms with van der Waals surface area (Å²) in [4.78, 5) is 9.24. The summed E-state index contributed by atoms with van der Waals surface area (Å²) in [6, 6.07) is 12.4. The van der Waals surface area contributed by atoms with Gasteiger partial charge >= 0.3 is 0 Å². The summed E-state index contributed by atoms with van der Waals surface area (Å²) >= 11 is 0. The number of H-pyrrole nitrogens is 1. The predicted molar refractivity (Wildman–Crippen MR) is 89.0 cm³/mol. The number of nitrogens with zero attached hydrogens (tertiary/aromatic N) is 4. The largest absolute Gasteiger partial charge is 0.354 e. The minimum atomic E-state index is 0.994. The van der Waals surface area contributed by atoms with Crippen LogP contribution in [0.3, 0.4) is 0 Å². The Bertz CT molecular complexity index is 786. The van der Waals surface area contributed by atoms with E-state index in [2.05, 4.69) is 50.2 Å². The van der Waals surface area contributed by atoms with Gasteiger partial charge < -0.3 is 9.80 Å². The second-order valence-electron chi connectivity index (χ2n) is 5.81. The molecule has 5 heteroatoms. The van der Waals surface area contributed by atoms with Gasteiger partial charge in [-0.05, 0) is 25.2 Å². The van der Waals surface area contributed by atoms with Gasteiger partial charge in [-0.3, -0.25) is 5.10 Å². The molecular weight excluding hydrogens is 274 g/mol. The Kier molecular flexibility index (Phi) is 3.27. The fourth-order valence-corrected chi connectivity index (χ4v) is 2.96. The number of pyridine rings is 1. The summed E-state index contributed by atoms with van der Waals surface area (Å²) in [5, 5.41) is 8.74. The van der Waals surface area contributed by atoms with Crippen LogP contribution in [-0.2, 0) is 0 Å². The molecule has 3 aromatic rings. The third-order valence-electron chi connectivity index (χ3n) is 4.32. The van der Waals surface area contributed by atoms with E-state index in [9.17, 15) is 0 Å². The Labute approximate surface area is 129 Å². The summed E-state index contributed by atoms with van der Waals surface area (Å²) < 4.78 is 0. The van der Waals surface area contributed by atoms with Crippen molar-refractivity contribution >= 4 is 16.7 Å². The van der Waals surface area contributed by atoms with Gasteiger partial charge in [0.05, 0.1) is 5.52 Å². The standard InChI is InChI=1S/C17H19N5/c1-21-8-10-22(11-9-21)16-12-13(6-7-18-16)17-14-4-2-3-5-15(14)19-20-17/h2-7,12H,8-11H2,1H3,(H,19,20). The van der Waals surface area contributed by atoms with Crippen LogP contribution in [0.25, 0.3) is 22.2 Å². The van der Waals surface area contributed by atoms with Crippen molar-refractivity contribution in [3.63, 3.8) is 0 Å². The van der Waals surface area contributed by atoms with Gasteiger partial charge in [-0.1, -0.05) is 18.2 Å². The zero-order valence-corrected chi connectivity index (χ0v) is 12.7. The van der Waals surface area contributed by atoms with E-state index in [1.807, 2.05) is 24.4 Å². The smallest absolute Gasteiger partial charge is 0.129 e. The fourth-order valence-electron chi connectivity index (χ4n) is 2.96. The molecule has 0 atom stereocenters. The summed E-state index contributed by atoms with van der Waals surface area (Å²) in [5.41, 5.74) is 3.17. The fraction of sp³-hybridized carbons (Fsp3) is 0.294. The lowest BCUT2D eigenvalue weighted by Gasteiger charge is -2.33. The third kappa shape index (κ3) is 2.33. The van der Waals surface area contributed by atoms with Crippen LogP contribution in [0.5, 0.6) is 0 Å². The average molecular weight is 293 g/mol. The molecule has 3 heterocycles. The highest BCUT2D eigenvalue weighted by Gasteiger charge is 2.16. The zero-order valence-electron chi connectivity index (χ0n) is 12.7. The molecule has 0 bridgehead atoms. The van der Waals surface area contributed by atoms with E-state index in [0.717, 1.165) is 54.2 Å². The Morgan fingerprint density at radius 2 is 1.86 bits per heavy atom. The Hall–Kier alpha value is -2.40. The van der Waals surface area contributed by atoms with Crippen molar-refractivity contribution in [3.05, 3.63) is 42.6 Å². The first-order valence-corrected chi connectivity index (χ1v) is 7.64. The molecular formula is C17H19N5. The molecule has 112 valence electrons. The highest BCUT2D eigenvalue weighted by Crippen LogP contribution is 2.28. The maximum atomic E-state index is 4.55. The lowest BCUT2D eigenvalue weighted by molar-refractivity contribution is 0.312. The van der Waals surface area contributed by atoms with Crippen molar-refractivity contribution in [3.8, 4) is 11.3 Å². The molecule has 1 aromatic carbocycles. The van der Waals surface area contributed by atoms with Crippen LogP contribution in [0, 0.1) is 0 Å². The minimum Gasteiger partial charge on any atom is -0.354 e. The Morgan fingerprint density at radius 1 is 1.05 bits per heavy atom. The molecule has 0 spiro atoms. The average Bonchev–Trinajstić information content (AvgIpc) is 3.00. The first-order valence-electron chi connectivity index (χ1n) is 7.64. The Morgan fingerprint density at radius 3 is 2.73 bits per heavy atom. The molecule has 5 nitrogen and oxygen atoms in total. The van der Waals surface area contributed by atoms with Gasteiger partial charge in [0.2, 0.25) is 0 Å². The number of aromatic nitrogens is 3. The van der Waals surface area contributed by atoms with E-state index in [0.29, 0.717) is 0 Å². The molecule has 1 saturated heterocycles. The van der Waals surface area contributed by atoms with Gasteiger partial charge in [0.1, 0.15) is 11.5 Å². The zero-order chi connectivity index (χ0) is 14.9. The van der Waals surface area contributed by atoms with Crippen LogP contribution in [0.1, 0.15) is 0 Å². The number of hydrogen-bond donors (Lipinski definition) is 1. The molecule has 22 heavy (non-hydrogen) atoms. The van der Waals surface area contributed by atoms with E-state index >= 15 is 0 Å². The summed E-state index contributed by atoms with van der Waals surface area (Å²) in [5.74, 6) is 1.04. The topological polar surface area (TPSA) is 48.0 Å². The molecule has 4 rings (SSSR count). The number of piperazine rings is 1. The summed E-state index contributed by atoms with van der Waals surface area (Å²) in [6.45, 7) is 4.21. The number of hydrogen-bond acceptors (Lipinski definition) is 4. The SMILES string of the molecule is CN1CCN(c2cc(-c3n[nH]c4ccccc34)ccn2)CC1. The molecule has 2 aromatic heterocycles. The maximum absolute atomic E-state index is 4.55. The van der Waals surface area contributed by atoms with Gasteiger partial charge in [0, 0.05) is 43.3 Å². The highest BCUT2D eigenvalue weighted by molar-refractivity contribution is 5.93. The van der Waals surface area contributed by atoms with Crippen molar-refractivity contribution in [2.75, 3.05) is 38.1 Å². The molecule has 0 aliphatic carbocycles. The lowest BCUT2D eigenvalue weighted by Crippen LogP contribution is -2.44. The van der Waals surface area contributed by atoms with Crippen molar-refractivity contribution in [1.29, 1.82) is 0 Å². The molecule has 1 fully saturated rings. The van der Waals surface area contributed by atoms with Crippen LogP contribution in [-0.4, -0.2) is 53.3 Å². The van der Waals surface area contributed by atoms with Crippen molar-refractivity contribution in [2.45, 2.75) is 0 Å². The number of nitrogens with one attached hydrogen (secondary N) is 1. The number of anilines is 1. The van der Waals surface area contributed by atoms with Crippen LogP contribution in [0.2, 0.25) is 0 Å². The van der Waals surface area contributed by atoms with Crippen LogP contribution >= 0.6 is 0 Å². The normalized spacial score (nSPS) is 16.3. The quantitative estimate of drug-likeness (QED) is 0.788. The van der Waals surface area contributed by atoms with Gasteiger partial charge in [-0.25, -0.2) is 4.98 Å². The molecule has 1 aliphatic heterocycles. The second-order valence-corrected chi connectivity index (χ2v) is 5.81. The van der Waals surface area contributed by atoms with Gasteiger partial charge in [-0.2, -0.15) is 5.10 Å². The van der Waals surface area contributed by atoms with Crippen molar-refractivity contribution in [2.24, 2.45) is 0 Å². The van der Waals surface area contributed by atoms with Crippen molar-refractivity contribution in [1.82, 2.24) is 20.1 Å². The van der Waals surface area contributed by atoms with Crippen LogP contribution < -0.4 is 4.90 Å². The van der Waals surface area contributed by atoms with Gasteiger partial charge in [0.15, 0.2) is 0 Å². The minimum absolute atomic E-state index is 0.994. The van der Waals surface area contributed by atoms with Gasteiger partial charge in [-0.15, -0.1) is 0 Å². The number of benzene rings is 1. The molecule has 0 unspecified atom stereocenters. The Balaban J connectivity index is 1.70. The van der Waals surface area contributed by atoms with Crippen molar-refractivity contribution < 1.29 is 0 Å². The third-order valence-corrected chi connectivity index (χ3v) is 4.32. The number of aromatic amines is 1. The highest BCUT2D eigenvalue weighted by atomic mass is 15.3. The summed E-state index contributed by atoms with van der Waals surface area (Å²) in [7, 11) is 2.16. The van der Waals surface area contributed by atoms with Crippen LogP contribution in [0.15, 0.2) is 42.6 Å². The number of fused-ring (bicyclic) bond motifs is 1. The number of para-hydroxylation sites is 1. The number of rotatable bonds is 2. The first kappa shape index (κ1) is 13.3. The van der Waals surface area contributed by atoms with E-state index in [1.54, 1.807) is 0 Å². The molecule has 0 radical (unpaired) electrons. The van der Waals surface area contributed by atoms with Gasteiger partial charge in [0.25, 0.3) is 0 Å². The molecule has 1 aliphatic rings. The summed E-state index contributed by atoms with van der Waals surface area (Å²) in [6.07, 6.45) is 1.88. The van der Waals surface area contributed by atoms with E-state index in [4.69, 9.17) is 0 Å². The van der Waals surface area contributed by atoms with E-state index in [-0.39, 0.29) is 0 Å². The molecule has 0 saturated carbocycles. The second kappa shape index (κ2) is 5.42. The maximum Gasteiger partial charge on any atom is 0.129 e. The monoisotopic (exact) mass is 293 g/mol. The van der Waals surface area contributed by atoms with E-state index in [1.165, 1.54) is 0 Å². The van der Waals surface area contributed by atoms with Crippen LogP contribution in [0.4, 0.5) is 5.82 Å². The molecule has 1 N–H and O–H groups in total. The molecule has 0 amide bonds. The number of likely N-dealkylation sites (N-methyl/N-ethyl adjacent to an activating group) is 1. The predicted octanol–water partition coefficient (Wildman–Crippen LogP) is 2.38.